The summed E-state index contributed by atoms with van der Waals surface area (Å²) in [6.07, 6.45) is 10.1. The van der Waals surface area contributed by atoms with Crippen molar-refractivity contribution in [2.45, 2.75) is 52.5 Å². The molecule has 0 saturated heterocycles. The van der Waals surface area contributed by atoms with Crippen molar-refractivity contribution in [1.29, 1.82) is 0 Å². The molecular formula is C18H26N2O. The van der Waals surface area contributed by atoms with Crippen LogP contribution < -0.4 is 4.74 Å². The Kier molecular flexibility index (Phi) is 6.32. The Balaban J connectivity index is 1.98. The quantitative estimate of drug-likeness (QED) is 0.612. The number of ether oxygens (including phenoxy) is 1. The molecule has 0 unspecified atom stereocenters. The number of aryl methyl sites for hydroxylation is 1. The summed E-state index contributed by atoms with van der Waals surface area (Å²) in [6.45, 7) is 6.07. The highest BCUT2D eigenvalue weighted by molar-refractivity contribution is 5.64. The van der Waals surface area contributed by atoms with Gasteiger partial charge >= 0.3 is 0 Å². The van der Waals surface area contributed by atoms with Crippen LogP contribution >= 0.6 is 0 Å². The van der Waals surface area contributed by atoms with E-state index in [4.69, 9.17) is 4.74 Å². The zero-order valence-corrected chi connectivity index (χ0v) is 13.2. The molecule has 0 spiro atoms. The van der Waals surface area contributed by atoms with Gasteiger partial charge in [0.2, 0.25) is 0 Å². The predicted octanol–water partition coefficient (Wildman–Crippen LogP) is 4.92. The van der Waals surface area contributed by atoms with Crippen LogP contribution in [0.15, 0.2) is 36.7 Å². The zero-order chi connectivity index (χ0) is 14.9. The number of aromatic nitrogens is 2. The summed E-state index contributed by atoms with van der Waals surface area (Å²) in [4.78, 5) is 4.47. The van der Waals surface area contributed by atoms with Gasteiger partial charge in [0.25, 0.3) is 0 Å². The molecule has 0 N–H and O–H groups in total. The lowest BCUT2D eigenvalue weighted by molar-refractivity contribution is 0.305. The van der Waals surface area contributed by atoms with Crippen LogP contribution in [0.5, 0.6) is 5.75 Å². The second-order valence-electron chi connectivity index (χ2n) is 5.30. The van der Waals surface area contributed by atoms with E-state index < -0.39 is 0 Å². The topological polar surface area (TPSA) is 27.1 Å². The number of hydrogen-bond acceptors (Lipinski definition) is 2. The lowest BCUT2D eigenvalue weighted by Crippen LogP contribution is -2.01. The maximum Gasteiger partial charge on any atom is 0.143 e. The highest BCUT2D eigenvalue weighted by atomic mass is 16.5. The minimum atomic E-state index is 0.785. The smallest absolute Gasteiger partial charge is 0.143 e. The molecule has 0 atom stereocenters. The SMILES string of the molecule is CCCCCCCOc1ccccc1-c1nccn1CC. The van der Waals surface area contributed by atoms with E-state index in [0.717, 1.165) is 36.7 Å². The summed E-state index contributed by atoms with van der Waals surface area (Å²) in [5, 5.41) is 0. The Labute approximate surface area is 128 Å². The molecule has 0 aliphatic heterocycles. The van der Waals surface area contributed by atoms with Gasteiger partial charge in [0.1, 0.15) is 11.6 Å². The van der Waals surface area contributed by atoms with E-state index in [-0.39, 0.29) is 0 Å². The van der Waals surface area contributed by atoms with Gasteiger partial charge in [-0.05, 0) is 25.5 Å². The number of rotatable bonds is 9. The monoisotopic (exact) mass is 286 g/mol. The first-order valence-corrected chi connectivity index (χ1v) is 8.10. The maximum absolute atomic E-state index is 5.99. The summed E-state index contributed by atoms with van der Waals surface area (Å²) >= 11 is 0. The average Bonchev–Trinajstić information content (AvgIpc) is 2.99. The maximum atomic E-state index is 5.99. The van der Waals surface area contributed by atoms with Gasteiger partial charge in [-0.15, -0.1) is 0 Å². The molecule has 114 valence electrons. The van der Waals surface area contributed by atoms with E-state index in [1.54, 1.807) is 0 Å². The van der Waals surface area contributed by atoms with Crippen LogP contribution in [0.4, 0.5) is 0 Å². The Morgan fingerprint density at radius 1 is 1.05 bits per heavy atom. The van der Waals surface area contributed by atoms with E-state index >= 15 is 0 Å². The number of para-hydroxylation sites is 1. The van der Waals surface area contributed by atoms with Gasteiger partial charge in [0.05, 0.1) is 12.2 Å². The molecule has 2 rings (SSSR count). The van der Waals surface area contributed by atoms with E-state index in [1.165, 1.54) is 25.7 Å². The Morgan fingerprint density at radius 3 is 2.67 bits per heavy atom. The third kappa shape index (κ3) is 4.35. The fourth-order valence-electron chi connectivity index (χ4n) is 2.47. The summed E-state index contributed by atoms with van der Waals surface area (Å²) in [5.74, 6) is 1.92. The van der Waals surface area contributed by atoms with Crippen LogP contribution in [-0.4, -0.2) is 16.2 Å². The molecule has 0 fully saturated rings. The minimum Gasteiger partial charge on any atom is -0.493 e. The largest absolute Gasteiger partial charge is 0.493 e. The van der Waals surface area contributed by atoms with Crippen molar-refractivity contribution >= 4 is 0 Å². The number of unbranched alkanes of at least 4 members (excludes halogenated alkanes) is 4. The van der Waals surface area contributed by atoms with Gasteiger partial charge in [-0.2, -0.15) is 0 Å². The Hall–Kier alpha value is -1.77. The van der Waals surface area contributed by atoms with Crippen LogP contribution in [0, 0.1) is 0 Å². The standard InChI is InChI=1S/C18H26N2O/c1-3-5-6-7-10-15-21-17-12-9-8-11-16(17)18-19-13-14-20(18)4-2/h8-9,11-14H,3-7,10,15H2,1-2H3. The zero-order valence-electron chi connectivity index (χ0n) is 13.2. The summed E-state index contributed by atoms with van der Waals surface area (Å²) < 4.78 is 8.13. The molecule has 0 amide bonds. The third-order valence-electron chi connectivity index (χ3n) is 3.69. The highest BCUT2D eigenvalue weighted by Gasteiger charge is 2.10. The lowest BCUT2D eigenvalue weighted by atomic mass is 10.1. The molecule has 0 saturated carbocycles. The van der Waals surface area contributed by atoms with Crippen LogP contribution in [0.3, 0.4) is 0 Å². The van der Waals surface area contributed by atoms with Crippen LogP contribution in [0.25, 0.3) is 11.4 Å². The molecule has 2 aromatic rings. The van der Waals surface area contributed by atoms with Crippen molar-refractivity contribution in [3.05, 3.63) is 36.7 Å². The summed E-state index contributed by atoms with van der Waals surface area (Å²) in [5.41, 5.74) is 1.08. The van der Waals surface area contributed by atoms with E-state index in [9.17, 15) is 0 Å². The molecule has 1 heterocycles. The van der Waals surface area contributed by atoms with Crippen molar-refractivity contribution < 1.29 is 4.74 Å². The number of imidazole rings is 1. The van der Waals surface area contributed by atoms with E-state index in [0.29, 0.717) is 0 Å². The fourth-order valence-corrected chi connectivity index (χ4v) is 2.47. The molecule has 0 bridgehead atoms. The van der Waals surface area contributed by atoms with Gasteiger partial charge in [-0.3, -0.25) is 0 Å². The Bertz CT molecular complexity index is 534. The van der Waals surface area contributed by atoms with Crippen molar-refractivity contribution in [1.82, 2.24) is 9.55 Å². The van der Waals surface area contributed by atoms with Gasteiger partial charge < -0.3 is 9.30 Å². The molecular weight excluding hydrogens is 260 g/mol. The Morgan fingerprint density at radius 2 is 1.86 bits per heavy atom. The first-order valence-electron chi connectivity index (χ1n) is 8.10. The molecule has 21 heavy (non-hydrogen) atoms. The molecule has 1 aromatic heterocycles. The average molecular weight is 286 g/mol. The van der Waals surface area contributed by atoms with Gasteiger partial charge in [-0.25, -0.2) is 4.98 Å². The second kappa shape index (κ2) is 8.50. The van der Waals surface area contributed by atoms with Gasteiger partial charge in [0.15, 0.2) is 0 Å². The third-order valence-corrected chi connectivity index (χ3v) is 3.69. The predicted molar refractivity (Wildman–Crippen MR) is 87.6 cm³/mol. The normalized spacial score (nSPS) is 10.8. The fraction of sp³-hybridized carbons (Fsp3) is 0.500. The number of benzene rings is 1. The van der Waals surface area contributed by atoms with Crippen molar-refractivity contribution in [2.75, 3.05) is 6.61 Å². The summed E-state index contributed by atoms with van der Waals surface area (Å²) in [6, 6.07) is 8.18. The number of nitrogens with zero attached hydrogens (tertiary/aromatic N) is 2. The molecule has 0 aliphatic carbocycles. The van der Waals surface area contributed by atoms with Crippen molar-refractivity contribution in [3.8, 4) is 17.1 Å². The highest BCUT2D eigenvalue weighted by Crippen LogP contribution is 2.28. The molecule has 0 aliphatic rings. The first-order chi connectivity index (χ1) is 10.4. The van der Waals surface area contributed by atoms with Crippen molar-refractivity contribution in [2.24, 2.45) is 0 Å². The van der Waals surface area contributed by atoms with Crippen molar-refractivity contribution in [3.63, 3.8) is 0 Å². The lowest BCUT2D eigenvalue weighted by Gasteiger charge is -2.12. The van der Waals surface area contributed by atoms with Gasteiger partial charge in [0, 0.05) is 18.9 Å². The van der Waals surface area contributed by atoms with Crippen LogP contribution in [-0.2, 0) is 6.54 Å². The molecule has 3 heteroatoms. The minimum absolute atomic E-state index is 0.785. The first kappa shape index (κ1) is 15.6. The van der Waals surface area contributed by atoms with E-state index in [1.807, 2.05) is 30.6 Å². The van der Waals surface area contributed by atoms with E-state index in [2.05, 4.69) is 29.5 Å². The molecule has 0 radical (unpaired) electrons. The number of hydrogen-bond donors (Lipinski definition) is 0. The van der Waals surface area contributed by atoms with Crippen LogP contribution in [0.1, 0.15) is 46.0 Å². The van der Waals surface area contributed by atoms with Gasteiger partial charge in [-0.1, -0.05) is 44.7 Å². The van der Waals surface area contributed by atoms with Crippen LogP contribution in [0.2, 0.25) is 0 Å². The second-order valence-corrected chi connectivity index (χ2v) is 5.30. The molecule has 3 nitrogen and oxygen atoms in total. The molecule has 1 aromatic carbocycles. The summed E-state index contributed by atoms with van der Waals surface area (Å²) in [7, 11) is 0.